The van der Waals surface area contributed by atoms with Crippen molar-refractivity contribution < 1.29 is 23.2 Å². The summed E-state index contributed by atoms with van der Waals surface area (Å²) >= 11 is 0. The minimum Gasteiger partial charge on any atom is -0.478 e. The second-order valence-corrected chi connectivity index (χ2v) is 4.15. The van der Waals surface area contributed by atoms with Crippen LogP contribution in [0, 0.1) is 0 Å². The molecular formula is C7H14FO4P. The average Bonchev–Trinajstić information content (AvgIpc) is 1.83. The fraction of sp³-hybridized carbons (Fsp3) is 0.571. The summed E-state index contributed by atoms with van der Waals surface area (Å²) in [6, 6.07) is 0. The number of rotatable bonds is 3. The summed E-state index contributed by atoms with van der Waals surface area (Å²) in [5.74, 6) is -0.981. The Labute approximate surface area is 77.0 Å². The summed E-state index contributed by atoms with van der Waals surface area (Å²) < 4.78 is 26.4. The van der Waals surface area contributed by atoms with Crippen molar-refractivity contribution in [1.29, 1.82) is 0 Å². The Morgan fingerprint density at radius 2 is 2.00 bits per heavy atom. The molecule has 1 unspecified atom stereocenters. The largest absolute Gasteiger partial charge is 0.478 e. The fourth-order valence-electron chi connectivity index (χ4n) is 0.377. The molecule has 0 saturated carbocycles. The predicted octanol–water partition coefficient (Wildman–Crippen LogP) is 2.46. The summed E-state index contributed by atoms with van der Waals surface area (Å²) in [4.78, 5) is 9.25. The van der Waals surface area contributed by atoms with E-state index in [0.29, 0.717) is 0 Å². The van der Waals surface area contributed by atoms with Gasteiger partial charge in [0.15, 0.2) is 0 Å². The van der Waals surface area contributed by atoms with Gasteiger partial charge in [-0.3, -0.25) is 4.57 Å². The smallest absolute Gasteiger partial charge is 0.364 e. The highest BCUT2D eigenvalue weighted by Crippen LogP contribution is 2.44. The van der Waals surface area contributed by atoms with Gasteiger partial charge in [0.1, 0.15) is 0 Å². The van der Waals surface area contributed by atoms with E-state index in [0.717, 1.165) is 12.7 Å². The Bertz CT molecular complexity index is 209. The molecule has 0 fully saturated rings. The first-order valence-electron chi connectivity index (χ1n) is 3.50. The molecule has 0 amide bonds. The van der Waals surface area contributed by atoms with Crippen LogP contribution in [-0.2, 0) is 13.9 Å². The van der Waals surface area contributed by atoms with Crippen LogP contribution in [0.15, 0.2) is 12.7 Å². The van der Waals surface area contributed by atoms with Crippen molar-refractivity contribution >= 4 is 13.6 Å². The molecular weight excluding hydrogens is 198 g/mol. The lowest BCUT2D eigenvalue weighted by Gasteiger charge is -2.06. The molecule has 0 aliphatic carbocycles. The van der Waals surface area contributed by atoms with Crippen molar-refractivity contribution in [3.63, 3.8) is 0 Å². The van der Waals surface area contributed by atoms with Crippen molar-refractivity contribution in [3.05, 3.63) is 12.7 Å². The monoisotopic (exact) mass is 212 g/mol. The van der Waals surface area contributed by atoms with Crippen molar-refractivity contribution in [1.82, 2.24) is 0 Å². The normalized spacial score (nSPS) is 13.9. The van der Waals surface area contributed by atoms with Gasteiger partial charge in [0.05, 0.1) is 6.10 Å². The highest BCUT2D eigenvalue weighted by molar-refractivity contribution is 7.52. The number of halogens is 1. The molecule has 0 heterocycles. The van der Waals surface area contributed by atoms with E-state index in [9.17, 15) is 13.6 Å². The van der Waals surface area contributed by atoms with E-state index in [4.69, 9.17) is 5.11 Å². The number of hydrogen-bond donors (Lipinski definition) is 1. The first-order valence-corrected chi connectivity index (χ1v) is 5.46. The molecule has 0 saturated heterocycles. The number of carbonyl (C=O) groups is 1. The van der Waals surface area contributed by atoms with Gasteiger partial charge in [0.25, 0.3) is 0 Å². The molecule has 0 aliphatic heterocycles. The zero-order chi connectivity index (χ0) is 11.1. The van der Waals surface area contributed by atoms with Crippen LogP contribution >= 0.6 is 7.68 Å². The number of aliphatic carboxylic acids is 1. The third kappa shape index (κ3) is 24.6. The molecule has 1 atom stereocenters. The molecule has 0 aliphatic rings. The van der Waals surface area contributed by atoms with Gasteiger partial charge in [-0.1, -0.05) is 6.58 Å². The third-order valence-electron chi connectivity index (χ3n) is 0.574. The standard InChI is InChI=1S/C4H10FO2P.C3H4O2/c1-4(2)7-8(3,5)6;1-2-3(4)5/h4H,1-3H3;2H,1H2,(H,4,5). The van der Waals surface area contributed by atoms with E-state index < -0.39 is 13.6 Å². The summed E-state index contributed by atoms with van der Waals surface area (Å²) in [5, 5.41) is 7.60. The Morgan fingerprint density at radius 3 is 2.00 bits per heavy atom. The van der Waals surface area contributed by atoms with Gasteiger partial charge < -0.3 is 9.63 Å². The van der Waals surface area contributed by atoms with Crippen LogP contribution in [0.4, 0.5) is 4.20 Å². The van der Waals surface area contributed by atoms with Crippen LogP contribution in [0.25, 0.3) is 0 Å². The highest BCUT2D eigenvalue weighted by atomic mass is 31.2. The minimum atomic E-state index is -3.72. The SMILES string of the molecule is C=CC(=O)O.CC(C)OP(C)(=O)F. The molecule has 0 aromatic carbocycles. The van der Waals surface area contributed by atoms with Crippen molar-refractivity contribution in [2.75, 3.05) is 6.66 Å². The molecule has 78 valence electrons. The Kier molecular flexibility index (Phi) is 7.76. The molecule has 0 spiro atoms. The molecule has 6 heteroatoms. The van der Waals surface area contributed by atoms with Crippen LogP contribution in [0.5, 0.6) is 0 Å². The molecule has 1 N–H and O–H groups in total. The molecule has 0 bridgehead atoms. The lowest BCUT2D eigenvalue weighted by Crippen LogP contribution is -1.96. The van der Waals surface area contributed by atoms with Crippen LogP contribution < -0.4 is 0 Å². The van der Waals surface area contributed by atoms with Crippen LogP contribution in [0.2, 0.25) is 0 Å². The number of hydrogen-bond acceptors (Lipinski definition) is 3. The Morgan fingerprint density at radius 1 is 1.69 bits per heavy atom. The predicted molar refractivity (Wildman–Crippen MR) is 48.7 cm³/mol. The van der Waals surface area contributed by atoms with E-state index in [2.05, 4.69) is 11.1 Å². The highest BCUT2D eigenvalue weighted by Gasteiger charge is 2.13. The minimum absolute atomic E-state index is 0.296. The van der Waals surface area contributed by atoms with Crippen LogP contribution in [-0.4, -0.2) is 23.8 Å². The van der Waals surface area contributed by atoms with E-state index in [1.807, 2.05) is 0 Å². The summed E-state index contributed by atoms with van der Waals surface area (Å²) in [7, 11) is -3.72. The topological polar surface area (TPSA) is 63.6 Å². The maximum absolute atomic E-state index is 12.0. The van der Waals surface area contributed by atoms with Crippen molar-refractivity contribution in [2.24, 2.45) is 0 Å². The van der Waals surface area contributed by atoms with E-state index >= 15 is 0 Å². The van der Waals surface area contributed by atoms with Gasteiger partial charge in [0.2, 0.25) is 0 Å². The van der Waals surface area contributed by atoms with Gasteiger partial charge in [-0.05, 0) is 13.8 Å². The summed E-state index contributed by atoms with van der Waals surface area (Å²) in [6.07, 6.45) is 0.538. The lowest BCUT2D eigenvalue weighted by molar-refractivity contribution is -0.131. The molecule has 0 rings (SSSR count). The maximum atomic E-state index is 12.0. The van der Waals surface area contributed by atoms with Gasteiger partial charge >= 0.3 is 13.6 Å². The van der Waals surface area contributed by atoms with Gasteiger partial charge in [-0.15, -0.1) is 0 Å². The zero-order valence-electron chi connectivity index (χ0n) is 7.86. The average molecular weight is 212 g/mol. The molecule has 13 heavy (non-hydrogen) atoms. The zero-order valence-corrected chi connectivity index (χ0v) is 8.75. The maximum Gasteiger partial charge on any atom is 0.364 e. The quantitative estimate of drug-likeness (QED) is 0.576. The van der Waals surface area contributed by atoms with Gasteiger partial charge in [-0.25, -0.2) is 4.79 Å². The first kappa shape index (κ1) is 14.8. The van der Waals surface area contributed by atoms with Crippen LogP contribution in [0.1, 0.15) is 13.8 Å². The van der Waals surface area contributed by atoms with Crippen molar-refractivity contribution in [3.8, 4) is 0 Å². The summed E-state index contributed by atoms with van der Waals surface area (Å²) in [6.45, 7) is 7.18. The summed E-state index contributed by atoms with van der Waals surface area (Å²) in [5.41, 5.74) is 0. The van der Waals surface area contributed by atoms with E-state index in [-0.39, 0.29) is 6.10 Å². The fourth-order valence-corrected chi connectivity index (χ4v) is 1.13. The van der Waals surface area contributed by atoms with Gasteiger partial charge in [0, 0.05) is 12.7 Å². The molecule has 0 aromatic heterocycles. The first-order chi connectivity index (χ1) is 5.69. The molecule has 0 radical (unpaired) electrons. The molecule has 4 nitrogen and oxygen atoms in total. The number of carboxylic acid groups (broad SMARTS) is 1. The molecule has 0 aromatic rings. The lowest BCUT2D eigenvalue weighted by atomic mass is 10.5. The Hall–Kier alpha value is -0.670. The van der Waals surface area contributed by atoms with Crippen LogP contribution in [0.3, 0.4) is 0 Å². The third-order valence-corrected chi connectivity index (χ3v) is 1.37. The Balaban J connectivity index is 0. The van der Waals surface area contributed by atoms with E-state index in [1.165, 1.54) is 0 Å². The number of carboxylic acids is 1. The van der Waals surface area contributed by atoms with Crippen molar-refractivity contribution in [2.45, 2.75) is 20.0 Å². The second-order valence-electron chi connectivity index (χ2n) is 2.44. The van der Waals surface area contributed by atoms with Gasteiger partial charge in [-0.2, -0.15) is 4.20 Å². The second kappa shape index (κ2) is 6.80. The van der Waals surface area contributed by atoms with E-state index in [1.54, 1.807) is 13.8 Å².